The van der Waals surface area contributed by atoms with Gasteiger partial charge in [-0.1, -0.05) is 41.8 Å². The van der Waals surface area contributed by atoms with E-state index >= 15 is 0 Å². The number of hydrogen-bond donors (Lipinski definition) is 1. The minimum absolute atomic E-state index is 0.370. The lowest BCUT2D eigenvalue weighted by atomic mass is 9.75. The first-order valence-corrected chi connectivity index (χ1v) is 8.62. The van der Waals surface area contributed by atoms with E-state index in [9.17, 15) is 0 Å². The number of nitrogens with two attached hydrogens (primary N) is 1. The van der Waals surface area contributed by atoms with E-state index in [0.29, 0.717) is 12.0 Å². The van der Waals surface area contributed by atoms with Crippen LogP contribution >= 0.6 is 15.9 Å². The Morgan fingerprint density at radius 3 is 2.90 bits per heavy atom. The van der Waals surface area contributed by atoms with E-state index in [1.165, 1.54) is 32.1 Å². The zero-order chi connectivity index (χ0) is 14.4. The van der Waals surface area contributed by atoms with Gasteiger partial charge in [0.1, 0.15) is 5.75 Å². The highest BCUT2D eigenvalue weighted by Crippen LogP contribution is 2.33. The summed E-state index contributed by atoms with van der Waals surface area (Å²) < 4.78 is 6.91. The van der Waals surface area contributed by atoms with Crippen LogP contribution in [0, 0.1) is 11.8 Å². The molecule has 0 saturated heterocycles. The molecule has 0 bridgehead atoms. The Hall–Kier alpha value is -0.540. The molecule has 1 aliphatic carbocycles. The molecular weight excluding hydrogens is 314 g/mol. The number of benzene rings is 1. The summed E-state index contributed by atoms with van der Waals surface area (Å²) >= 11 is 3.47. The molecule has 0 aliphatic heterocycles. The Kier molecular flexibility index (Phi) is 6.37. The molecule has 1 aromatic carbocycles. The SMILES string of the molecule is CCCC1CCC(N)C(CCOc2cccc(Br)c2)C1. The fourth-order valence-corrected chi connectivity index (χ4v) is 3.65. The maximum absolute atomic E-state index is 6.28. The van der Waals surface area contributed by atoms with Crippen LogP contribution in [0.15, 0.2) is 28.7 Å². The quantitative estimate of drug-likeness (QED) is 0.810. The van der Waals surface area contributed by atoms with E-state index in [1.807, 2.05) is 24.3 Å². The second-order valence-corrected chi connectivity index (χ2v) is 6.90. The first-order valence-electron chi connectivity index (χ1n) is 7.83. The number of ether oxygens (including phenoxy) is 1. The topological polar surface area (TPSA) is 35.2 Å². The van der Waals surface area contributed by atoms with E-state index in [-0.39, 0.29) is 0 Å². The van der Waals surface area contributed by atoms with E-state index < -0.39 is 0 Å². The molecule has 112 valence electrons. The largest absolute Gasteiger partial charge is 0.494 e. The standard InChI is InChI=1S/C17H26BrNO/c1-2-4-13-7-8-17(19)14(11-13)9-10-20-16-6-3-5-15(18)12-16/h3,5-6,12-14,17H,2,4,7-11,19H2,1H3. The van der Waals surface area contributed by atoms with E-state index in [2.05, 4.69) is 22.9 Å². The van der Waals surface area contributed by atoms with Crippen LogP contribution in [-0.4, -0.2) is 12.6 Å². The molecule has 2 nitrogen and oxygen atoms in total. The second-order valence-electron chi connectivity index (χ2n) is 5.99. The zero-order valence-electron chi connectivity index (χ0n) is 12.4. The Bertz CT molecular complexity index is 410. The van der Waals surface area contributed by atoms with Crippen LogP contribution in [-0.2, 0) is 0 Å². The third-order valence-corrected chi connectivity index (χ3v) is 4.89. The van der Waals surface area contributed by atoms with Gasteiger partial charge in [0.25, 0.3) is 0 Å². The first kappa shape index (κ1) is 15.8. The lowest BCUT2D eigenvalue weighted by molar-refractivity contribution is 0.182. The van der Waals surface area contributed by atoms with Crippen molar-refractivity contribution in [1.82, 2.24) is 0 Å². The van der Waals surface area contributed by atoms with E-state index in [0.717, 1.165) is 29.2 Å². The molecular formula is C17H26BrNO. The predicted octanol–water partition coefficient (Wildman–Crippen LogP) is 4.76. The molecule has 3 heteroatoms. The van der Waals surface area contributed by atoms with Crippen molar-refractivity contribution in [2.24, 2.45) is 17.6 Å². The highest BCUT2D eigenvalue weighted by atomic mass is 79.9. The summed E-state index contributed by atoms with van der Waals surface area (Å²) in [5.41, 5.74) is 6.28. The molecule has 20 heavy (non-hydrogen) atoms. The maximum Gasteiger partial charge on any atom is 0.120 e. The smallest absolute Gasteiger partial charge is 0.120 e. The predicted molar refractivity (Wildman–Crippen MR) is 88.0 cm³/mol. The average Bonchev–Trinajstić information content (AvgIpc) is 2.43. The number of hydrogen-bond acceptors (Lipinski definition) is 2. The lowest BCUT2D eigenvalue weighted by Crippen LogP contribution is -2.37. The second kappa shape index (κ2) is 8.04. The van der Waals surface area contributed by atoms with Crippen molar-refractivity contribution in [1.29, 1.82) is 0 Å². The van der Waals surface area contributed by atoms with E-state index in [1.54, 1.807) is 0 Å². The van der Waals surface area contributed by atoms with Crippen molar-refractivity contribution in [2.45, 2.75) is 51.5 Å². The summed E-state index contributed by atoms with van der Waals surface area (Å²) in [6.45, 7) is 3.05. The summed E-state index contributed by atoms with van der Waals surface area (Å²) in [4.78, 5) is 0. The van der Waals surface area contributed by atoms with Gasteiger partial charge in [0.05, 0.1) is 6.61 Å². The first-order chi connectivity index (χ1) is 9.69. The summed E-state index contributed by atoms with van der Waals surface area (Å²) in [5.74, 6) is 2.46. The van der Waals surface area contributed by atoms with Crippen molar-refractivity contribution < 1.29 is 4.74 Å². The van der Waals surface area contributed by atoms with Crippen molar-refractivity contribution >= 4 is 15.9 Å². The van der Waals surface area contributed by atoms with Crippen molar-refractivity contribution in [3.63, 3.8) is 0 Å². The average molecular weight is 340 g/mol. The van der Waals surface area contributed by atoms with Crippen LogP contribution in [0.3, 0.4) is 0 Å². The summed E-state index contributed by atoms with van der Waals surface area (Å²) in [6.07, 6.45) is 7.52. The van der Waals surface area contributed by atoms with Crippen molar-refractivity contribution in [3.05, 3.63) is 28.7 Å². The van der Waals surface area contributed by atoms with Gasteiger partial charge in [-0.05, 0) is 55.7 Å². The molecule has 0 amide bonds. The molecule has 1 aliphatic rings. The summed E-state index contributed by atoms with van der Waals surface area (Å²) in [6, 6.07) is 8.41. The minimum atomic E-state index is 0.370. The Morgan fingerprint density at radius 1 is 1.30 bits per heavy atom. The van der Waals surface area contributed by atoms with Gasteiger partial charge >= 0.3 is 0 Å². The molecule has 0 spiro atoms. The van der Waals surface area contributed by atoms with Gasteiger partial charge in [0.2, 0.25) is 0 Å². The van der Waals surface area contributed by atoms with Crippen molar-refractivity contribution in [3.8, 4) is 5.75 Å². The van der Waals surface area contributed by atoms with Gasteiger partial charge in [-0.25, -0.2) is 0 Å². The maximum atomic E-state index is 6.28. The van der Waals surface area contributed by atoms with Crippen LogP contribution < -0.4 is 10.5 Å². The van der Waals surface area contributed by atoms with Gasteiger partial charge in [-0.15, -0.1) is 0 Å². The molecule has 2 N–H and O–H groups in total. The highest BCUT2D eigenvalue weighted by molar-refractivity contribution is 9.10. The highest BCUT2D eigenvalue weighted by Gasteiger charge is 2.27. The molecule has 1 saturated carbocycles. The van der Waals surface area contributed by atoms with Crippen molar-refractivity contribution in [2.75, 3.05) is 6.61 Å². The monoisotopic (exact) mass is 339 g/mol. The van der Waals surface area contributed by atoms with Crippen LogP contribution in [0.5, 0.6) is 5.75 Å². The third-order valence-electron chi connectivity index (χ3n) is 4.40. The molecule has 3 atom stereocenters. The molecule has 1 fully saturated rings. The molecule has 0 radical (unpaired) electrons. The van der Waals surface area contributed by atoms with Gasteiger partial charge in [-0.3, -0.25) is 0 Å². The third kappa shape index (κ3) is 4.78. The molecule has 3 unspecified atom stereocenters. The van der Waals surface area contributed by atoms with Crippen LogP contribution in [0.1, 0.15) is 45.4 Å². The van der Waals surface area contributed by atoms with Crippen LogP contribution in [0.2, 0.25) is 0 Å². The summed E-state index contributed by atoms with van der Waals surface area (Å²) in [7, 11) is 0. The fraction of sp³-hybridized carbons (Fsp3) is 0.647. The van der Waals surface area contributed by atoms with Gasteiger partial charge in [0.15, 0.2) is 0 Å². The molecule has 2 rings (SSSR count). The number of halogens is 1. The molecule has 1 aromatic rings. The Morgan fingerprint density at radius 2 is 2.15 bits per heavy atom. The fourth-order valence-electron chi connectivity index (χ4n) is 3.27. The molecule has 0 aromatic heterocycles. The molecule has 0 heterocycles. The number of rotatable bonds is 6. The van der Waals surface area contributed by atoms with E-state index in [4.69, 9.17) is 10.5 Å². The minimum Gasteiger partial charge on any atom is -0.494 e. The Labute approximate surface area is 131 Å². The van der Waals surface area contributed by atoms with Crippen LogP contribution in [0.25, 0.3) is 0 Å². The normalized spacial score (nSPS) is 26.4. The lowest BCUT2D eigenvalue weighted by Gasteiger charge is -2.34. The van der Waals surface area contributed by atoms with Gasteiger partial charge in [0, 0.05) is 10.5 Å². The van der Waals surface area contributed by atoms with Gasteiger partial charge in [-0.2, -0.15) is 0 Å². The van der Waals surface area contributed by atoms with Crippen LogP contribution in [0.4, 0.5) is 0 Å². The zero-order valence-corrected chi connectivity index (χ0v) is 13.9. The Balaban J connectivity index is 1.77. The van der Waals surface area contributed by atoms with Gasteiger partial charge < -0.3 is 10.5 Å². The summed E-state index contributed by atoms with van der Waals surface area (Å²) in [5, 5.41) is 0.